The number of carbonyl (C=O) groups excluding carboxylic acids is 1. The lowest BCUT2D eigenvalue weighted by Crippen LogP contribution is -2.07. The minimum atomic E-state index is -0.914. The average molecular weight is 131 g/mol. The molecule has 0 aromatic heterocycles. The maximum atomic E-state index is 10.1. The van der Waals surface area contributed by atoms with E-state index in [4.69, 9.17) is 0 Å². The maximum absolute atomic E-state index is 10.1. The van der Waals surface area contributed by atoms with Gasteiger partial charge in [-0.15, -0.1) is 10.1 Å². The predicted octanol–water partition coefficient (Wildman–Crippen LogP) is -1.26. The van der Waals surface area contributed by atoms with Gasteiger partial charge in [0.1, 0.15) is 6.61 Å². The third kappa shape index (κ3) is 6.93. The van der Waals surface area contributed by atoms with Crippen LogP contribution in [0, 0.1) is 10.1 Å². The van der Waals surface area contributed by atoms with Gasteiger partial charge >= 0.3 is 0 Å². The van der Waals surface area contributed by atoms with Crippen molar-refractivity contribution in [1.29, 1.82) is 0 Å². The normalized spacial score (nSPS) is 8.44. The van der Waals surface area contributed by atoms with Crippen molar-refractivity contribution < 1.29 is 14.7 Å². The first-order chi connectivity index (χ1) is 4.13. The van der Waals surface area contributed by atoms with Gasteiger partial charge in [0.2, 0.25) is 0 Å². The van der Waals surface area contributed by atoms with Crippen molar-refractivity contribution in [2.45, 2.75) is 6.42 Å². The fraction of sp³-hybridized carbons (Fsp3) is 0.667. The van der Waals surface area contributed by atoms with Crippen LogP contribution in [0.25, 0.3) is 0 Å². The van der Waals surface area contributed by atoms with Gasteiger partial charge in [-0.05, 0) is 0 Å². The van der Waals surface area contributed by atoms with E-state index in [-0.39, 0.29) is 18.7 Å². The summed E-state index contributed by atoms with van der Waals surface area (Å²) in [7, 11) is 1.35. The quantitative estimate of drug-likeness (QED) is 0.271. The highest BCUT2D eigenvalue weighted by Crippen LogP contribution is 1.80. The predicted molar refractivity (Wildman–Crippen MR) is 31.1 cm³/mol. The zero-order valence-corrected chi connectivity index (χ0v) is 4.99. The topological polar surface area (TPSA) is 69.4 Å². The summed E-state index contributed by atoms with van der Waals surface area (Å²) in [6.45, 7) is -0.137. The fourth-order valence-electron chi connectivity index (χ4n) is 0.264. The van der Waals surface area contributed by atoms with Gasteiger partial charge in [0.25, 0.3) is 5.09 Å². The molecule has 0 aromatic rings. The lowest BCUT2D eigenvalue weighted by Gasteiger charge is -1.92. The lowest BCUT2D eigenvalue weighted by molar-refractivity contribution is -0.757. The highest BCUT2D eigenvalue weighted by Gasteiger charge is 1.95. The molecule has 0 aliphatic carbocycles. The van der Waals surface area contributed by atoms with Crippen LogP contribution in [0.3, 0.4) is 0 Å². The number of hydrogen-bond donors (Lipinski definition) is 0. The van der Waals surface area contributed by atoms with Gasteiger partial charge in [0.15, 0.2) is 7.85 Å². The Labute approximate surface area is 52.5 Å². The van der Waals surface area contributed by atoms with Crippen LogP contribution < -0.4 is 0 Å². The molecule has 0 aliphatic heterocycles. The van der Waals surface area contributed by atoms with Gasteiger partial charge in [-0.2, -0.15) is 0 Å². The first-order valence-corrected chi connectivity index (χ1v) is 2.39. The largest absolute Gasteiger partial charge is 0.313 e. The molecule has 6 heteroatoms. The van der Waals surface area contributed by atoms with E-state index in [0.29, 0.717) is 0 Å². The van der Waals surface area contributed by atoms with Crippen LogP contribution in [0.4, 0.5) is 0 Å². The molecule has 0 aromatic carbocycles. The summed E-state index contributed by atoms with van der Waals surface area (Å²) >= 11 is 0. The molecule has 0 heterocycles. The van der Waals surface area contributed by atoms with Crippen LogP contribution in [0.15, 0.2) is 0 Å². The van der Waals surface area contributed by atoms with E-state index >= 15 is 0 Å². The summed E-state index contributed by atoms with van der Waals surface area (Å²) in [6, 6.07) is 0. The molecule has 0 bridgehead atoms. The van der Waals surface area contributed by atoms with Gasteiger partial charge in [0, 0.05) is 6.42 Å². The number of carbonyl (C=O) groups is 1. The Morgan fingerprint density at radius 3 is 2.67 bits per heavy atom. The molecule has 0 atom stereocenters. The standard InChI is InChI=1S/C3H6BNO4/c4-3(6)1-2-9-5(7)8/h1-2,4H2. The molecular weight excluding hydrogens is 125 g/mol. The van der Waals surface area contributed by atoms with E-state index in [1.807, 2.05) is 0 Å². The molecule has 0 fully saturated rings. The number of nitrogens with zero attached hydrogens (tertiary/aromatic N) is 1. The molecule has 5 nitrogen and oxygen atoms in total. The van der Waals surface area contributed by atoms with Crippen molar-refractivity contribution in [3.8, 4) is 0 Å². The lowest BCUT2D eigenvalue weighted by atomic mass is 10.0. The molecule has 0 rings (SSSR count). The Morgan fingerprint density at radius 2 is 2.33 bits per heavy atom. The van der Waals surface area contributed by atoms with Crippen LogP contribution >= 0.6 is 0 Å². The molecule has 9 heavy (non-hydrogen) atoms. The Balaban J connectivity index is 3.10. The second-order valence-electron chi connectivity index (χ2n) is 1.51. The monoisotopic (exact) mass is 131 g/mol. The van der Waals surface area contributed by atoms with E-state index in [9.17, 15) is 14.9 Å². The summed E-state index contributed by atoms with van der Waals surface area (Å²) in [5.74, 6) is 0. The SMILES string of the molecule is BC(=O)CCO[N+](=O)[O-]. The zero-order valence-electron chi connectivity index (χ0n) is 4.99. The highest BCUT2D eigenvalue weighted by molar-refractivity contribution is 6.57. The van der Waals surface area contributed by atoms with Crippen LogP contribution in [0.2, 0.25) is 0 Å². The first kappa shape index (κ1) is 7.93. The van der Waals surface area contributed by atoms with Crippen LogP contribution in [-0.4, -0.2) is 25.2 Å². The third-order valence-corrected chi connectivity index (χ3v) is 0.651. The molecular formula is C3H6BNO4. The molecule has 0 unspecified atom stereocenters. The Morgan fingerprint density at radius 1 is 1.78 bits per heavy atom. The van der Waals surface area contributed by atoms with Crippen molar-refractivity contribution in [3.63, 3.8) is 0 Å². The van der Waals surface area contributed by atoms with Gasteiger partial charge < -0.3 is 9.63 Å². The van der Waals surface area contributed by atoms with Crippen molar-refractivity contribution in [2.24, 2.45) is 0 Å². The Kier molecular flexibility index (Phi) is 3.42. The van der Waals surface area contributed by atoms with E-state index in [1.165, 1.54) is 7.85 Å². The van der Waals surface area contributed by atoms with E-state index < -0.39 is 5.09 Å². The highest BCUT2D eigenvalue weighted by atomic mass is 16.9. The zero-order chi connectivity index (χ0) is 7.28. The summed E-state index contributed by atoms with van der Waals surface area (Å²) in [6.07, 6.45) is 0.0982. The van der Waals surface area contributed by atoms with Crippen molar-refractivity contribution in [2.75, 3.05) is 6.61 Å². The molecule has 0 amide bonds. The molecule has 0 aliphatic rings. The molecule has 0 saturated heterocycles. The number of rotatable bonds is 4. The average Bonchev–Trinajstić information content (AvgIpc) is 1.63. The molecule has 0 N–H and O–H groups in total. The molecule has 0 spiro atoms. The summed E-state index contributed by atoms with van der Waals surface area (Å²) in [5.41, 5.74) is -0.114. The van der Waals surface area contributed by atoms with Crippen molar-refractivity contribution >= 4 is 13.5 Å². The Bertz CT molecular complexity index is 111. The number of hydrogen-bond acceptors (Lipinski definition) is 4. The van der Waals surface area contributed by atoms with Crippen molar-refractivity contribution in [1.82, 2.24) is 0 Å². The Hall–Kier alpha value is -1.07. The molecule has 0 radical (unpaired) electrons. The van der Waals surface area contributed by atoms with Gasteiger partial charge in [-0.25, -0.2) is 0 Å². The van der Waals surface area contributed by atoms with Crippen molar-refractivity contribution in [3.05, 3.63) is 10.1 Å². The van der Waals surface area contributed by atoms with Crippen LogP contribution in [-0.2, 0) is 9.63 Å². The summed E-state index contributed by atoms with van der Waals surface area (Å²) in [5, 5.41) is 8.54. The first-order valence-electron chi connectivity index (χ1n) is 2.39. The minimum Gasteiger partial charge on any atom is -0.313 e. The minimum absolute atomic E-state index is 0.0982. The summed E-state index contributed by atoms with van der Waals surface area (Å²) in [4.78, 5) is 23.4. The second-order valence-corrected chi connectivity index (χ2v) is 1.51. The summed E-state index contributed by atoms with van der Waals surface area (Å²) < 4.78 is 0. The second kappa shape index (κ2) is 3.88. The van der Waals surface area contributed by atoms with E-state index in [2.05, 4.69) is 4.84 Å². The van der Waals surface area contributed by atoms with Gasteiger partial charge in [-0.3, -0.25) is 0 Å². The van der Waals surface area contributed by atoms with E-state index in [1.54, 1.807) is 0 Å². The van der Waals surface area contributed by atoms with Crippen LogP contribution in [0.1, 0.15) is 6.42 Å². The van der Waals surface area contributed by atoms with Gasteiger partial charge in [0.05, 0.1) is 5.68 Å². The molecule has 50 valence electrons. The fourth-order valence-corrected chi connectivity index (χ4v) is 0.264. The smallest absolute Gasteiger partial charge is 0.294 e. The van der Waals surface area contributed by atoms with E-state index in [0.717, 1.165) is 0 Å². The van der Waals surface area contributed by atoms with Gasteiger partial charge in [-0.1, -0.05) is 0 Å². The molecule has 0 saturated carbocycles. The third-order valence-electron chi connectivity index (χ3n) is 0.651. The van der Waals surface area contributed by atoms with Crippen LogP contribution in [0.5, 0.6) is 0 Å². The maximum Gasteiger partial charge on any atom is 0.294 e.